The maximum Gasteiger partial charge on any atom is 0.126 e. The van der Waals surface area contributed by atoms with Gasteiger partial charge >= 0.3 is 0 Å². The summed E-state index contributed by atoms with van der Waals surface area (Å²) in [6.07, 6.45) is 12.9. The van der Waals surface area contributed by atoms with E-state index in [0.717, 1.165) is 11.8 Å². The van der Waals surface area contributed by atoms with Gasteiger partial charge in [-0.2, -0.15) is 0 Å². The van der Waals surface area contributed by atoms with Crippen LogP contribution in [0.2, 0.25) is 0 Å². The van der Waals surface area contributed by atoms with Crippen LogP contribution in [0.1, 0.15) is 64.7 Å². The standard InChI is InChI=1S/C14H24O/c1-2-12-7-9-14(11-15,10-8-12)13-5-3-4-6-13/h11-13H,2-10H2,1H3. The van der Waals surface area contributed by atoms with Crippen LogP contribution in [0.15, 0.2) is 0 Å². The fourth-order valence-corrected chi connectivity index (χ4v) is 3.75. The van der Waals surface area contributed by atoms with Gasteiger partial charge in [0.15, 0.2) is 0 Å². The summed E-state index contributed by atoms with van der Waals surface area (Å²) < 4.78 is 0. The molecule has 1 heteroatoms. The number of rotatable bonds is 3. The number of aldehydes is 1. The lowest BCUT2D eigenvalue weighted by Gasteiger charge is -2.40. The van der Waals surface area contributed by atoms with Gasteiger partial charge in [-0.1, -0.05) is 26.2 Å². The van der Waals surface area contributed by atoms with Gasteiger partial charge in [-0.25, -0.2) is 0 Å². The van der Waals surface area contributed by atoms with E-state index in [1.165, 1.54) is 64.1 Å². The molecular weight excluding hydrogens is 184 g/mol. The Balaban J connectivity index is 2.00. The molecule has 0 N–H and O–H groups in total. The summed E-state index contributed by atoms with van der Waals surface area (Å²) in [5.74, 6) is 1.63. The summed E-state index contributed by atoms with van der Waals surface area (Å²) in [6.45, 7) is 2.29. The lowest BCUT2D eigenvalue weighted by atomic mass is 9.63. The van der Waals surface area contributed by atoms with Crippen LogP contribution in [0.3, 0.4) is 0 Å². The molecule has 0 bridgehead atoms. The summed E-state index contributed by atoms with van der Waals surface area (Å²) in [6, 6.07) is 0. The van der Waals surface area contributed by atoms with E-state index in [-0.39, 0.29) is 5.41 Å². The van der Waals surface area contributed by atoms with Crippen molar-refractivity contribution in [1.82, 2.24) is 0 Å². The van der Waals surface area contributed by atoms with Gasteiger partial charge in [0.1, 0.15) is 6.29 Å². The van der Waals surface area contributed by atoms with E-state index in [9.17, 15) is 4.79 Å². The first kappa shape index (κ1) is 11.2. The van der Waals surface area contributed by atoms with Crippen LogP contribution in [0, 0.1) is 17.3 Å². The number of carbonyl (C=O) groups excluding carboxylic acids is 1. The third kappa shape index (κ3) is 2.11. The molecule has 0 aliphatic heterocycles. The highest BCUT2D eigenvalue weighted by atomic mass is 16.1. The predicted molar refractivity (Wildman–Crippen MR) is 62.7 cm³/mol. The van der Waals surface area contributed by atoms with Gasteiger partial charge in [-0.15, -0.1) is 0 Å². The normalized spacial score (nSPS) is 38.1. The van der Waals surface area contributed by atoms with E-state index in [4.69, 9.17) is 0 Å². The summed E-state index contributed by atoms with van der Waals surface area (Å²) in [5, 5.41) is 0. The maximum absolute atomic E-state index is 11.5. The highest BCUT2D eigenvalue weighted by Crippen LogP contribution is 2.49. The van der Waals surface area contributed by atoms with Crippen LogP contribution in [-0.2, 0) is 4.79 Å². The molecule has 0 atom stereocenters. The third-order valence-corrected chi connectivity index (χ3v) is 5.02. The fraction of sp³-hybridized carbons (Fsp3) is 0.929. The van der Waals surface area contributed by atoms with E-state index in [1.807, 2.05) is 0 Å². The Labute approximate surface area is 93.6 Å². The molecule has 0 unspecified atom stereocenters. The monoisotopic (exact) mass is 208 g/mol. The molecule has 0 spiro atoms. The molecule has 2 rings (SSSR count). The largest absolute Gasteiger partial charge is 0.303 e. The zero-order valence-electron chi connectivity index (χ0n) is 10.0. The molecule has 0 aromatic carbocycles. The molecule has 1 nitrogen and oxygen atoms in total. The summed E-state index contributed by atoms with van der Waals surface area (Å²) in [4.78, 5) is 11.5. The smallest absolute Gasteiger partial charge is 0.126 e. The first-order valence-corrected chi connectivity index (χ1v) is 6.77. The first-order valence-electron chi connectivity index (χ1n) is 6.77. The van der Waals surface area contributed by atoms with Gasteiger partial charge < -0.3 is 4.79 Å². The molecule has 15 heavy (non-hydrogen) atoms. The molecule has 2 aliphatic carbocycles. The van der Waals surface area contributed by atoms with Gasteiger partial charge in [0, 0.05) is 5.41 Å². The van der Waals surface area contributed by atoms with Crippen molar-refractivity contribution in [2.45, 2.75) is 64.7 Å². The zero-order valence-corrected chi connectivity index (χ0v) is 10.0. The Kier molecular flexibility index (Phi) is 3.48. The van der Waals surface area contributed by atoms with Crippen molar-refractivity contribution in [3.8, 4) is 0 Å². The summed E-state index contributed by atoms with van der Waals surface area (Å²) in [5.41, 5.74) is 0.0994. The van der Waals surface area contributed by atoms with E-state index in [0.29, 0.717) is 0 Å². The van der Waals surface area contributed by atoms with E-state index >= 15 is 0 Å². The van der Waals surface area contributed by atoms with Crippen LogP contribution in [0.5, 0.6) is 0 Å². The molecule has 2 aliphatic rings. The maximum atomic E-state index is 11.5. The average molecular weight is 208 g/mol. The van der Waals surface area contributed by atoms with Crippen molar-refractivity contribution in [3.63, 3.8) is 0 Å². The van der Waals surface area contributed by atoms with Crippen LogP contribution in [-0.4, -0.2) is 6.29 Å². The molecule has 0 saturated heterocycles. The van der Waals surface area contributed by atoms with E-state index < -0.39 is 0 Å². The van der Waals surface area contributed by atoms with Crippen molar-refractivity contribution < 1.29 is 4.79 Å². The lowest BCUT2D eigenvalue weighted by molar-refractivity contribution is -0.121. The van der Waals surface area contributed by atoms with Crippen LogP contribution in [0.25, 0.3) is 0 Å². The minimum atomic E-state index is 0.0994. The van der Waals surface area contributed by atoms with Crippen molar-refractivity contribution >= 4 is 6.29 Å². The van der Waals surface area contributed by atoms with Gasteiger partial charge in [0.2, 0.25) is 0 Å². The van der Waals surface area contributed by atoms with Crippen molar-refractivity contribution in [3.05, 3.63) is 0 Å². The second-order valence-electron chi connectivity index (χ2n) is 5.68. The minimum absolute atomic E-state index is 0.0994. The Morgan fingerprint density at radius 2 is 1.73 bits per heavy atom. The molecule has 0 heterocycles. The van der Waals surface area contributed by atoms with Gasteiger partial charge in [-0.3, -0.25) is 0 Å². The van der Waals surface area contributed by atoms with Gasteiger partial charge in [0.05, 0.1) is 0 Å². The second kappa shape index (κ2) is 4.67. The third-order valence-electron chi connectivity index (χ3n) is 5.02. The highest BCUT2D eigenvalue weighted by molar-refractivity contribution is 5.60. The van der Waals surface area contributed by atoms with Crippen molar-refractivity contribution in [1.29, 1.82) is 0 Å². The second-order valence-corrected chi connectivity index (χ2v) is 5.68. The van der Waals surface area contributed by atoms with Gasteiger partial charge in [0.25, 0.3) is 0 Å². The average Bonchev–Trinajstić information content (AvgIpc) is 2.83. The van der Waals surface area contributed by atoms with E-state index in [1.54, 1.807) is 0 Å². The Morgan fingerprint density at radius 1 is 1.13 bits per heavy atom. The van der Waals surface area contributed by atoms with Crippen molar-refractivity contribution in [2.75, 3.05) is 0 Å². The van der Waals surface area contributed by atoms with Crippen LogP contribution in [0.4, 0.5) is 0 Å². The Morgan fingerprint density at radius 3 is 2.20 bits per heavy atom. The van der Waals surface area contributed by atoms with Crippen molar-refractivity contribution in [2.24, 2.45) is 17.3 Å². The highest BCUT2D eigenvalue weighted by Gasteiger charge is 2.42. The predicted octanol–water partition coefficient (Wildman–Crippen LogP) is 3.96. The lowest BCUT2D eigenvalue weighted by Crippen LogP contribution is -2.35. The van der Waals surface area contributed by atoms with Crippen LogP contribution >= 0.6 is 0 Å². The molecule has 0 amide bonds. The molecule has 86 valence electrons. The Hall–Kier alpha value is -0.330. The minimum Gasteiger partial charge on any atom is -0.303 e. The number of hydrogen-bond donors (Lipinski definition) is 0. The summed E-state index contributed by atoms with van der Waals surface area (Å²) >= 11 is 0. The first-order chi connectivity index (χ1) is 7.30. The molecule has 0 radical (unpaired) electrons. The zero-order chi connectivity index (χ0) is 10.7. The molecule has 0 aromatic rings. The molecule has 2 fully saturated rings. The number of hydrogen-bond acceptors (Lipinski definition) is 1. The molecule has 0 aromatic heterocycles. The molecule has 2 saturated carbocycles. The topological polar surface area (TPSA) is 17.1 Å². The fourth-order valence-electron chi connectivity index (χ4n) is 3.75. The summed E-state index contributed by atoms with van der Waals surface area (Å²) in [7, 11) is 0. The Bertz CT molecular complexity index is 207. The molecular formula is C14H24O. The number of carbonyl (C=O) groups is 1. The SMILES string of the molecule is CCC1CCC(C=O)(C2CCCC2)CC1. The van der Waals surface area contributed by atoms with E-state index in [2.05, 4.69) is 6.92 Å². The van der Waals surface area contributed by atoms with Gasteiger partial charge in [-0.05, 0) is 50.4 Å². The quantitative estimate of drug-likeness (QED) is 0.641. The van der Waals surface area contributed by atoms with Crippen LogP contribution < -0.4 is 0 Å².